The summed E-state index contributed by atoms with van der Waals surface area (Å²) < 4.78 is 9.89. The molecule has 1 rings (SSSR count). The fraction of sp³-hybridized carbons (Fsp3) is 0.154. The number of phenols is 1. The molecule has 1 aromatic carbocycles. The fourth-order valence-corrected chi connectivity index (χ4v) is 1.30. The zero-order chi connectivity index (χ0) is 12.8. The van der Waals surface area contributed by atoms with E-state index in [-0.39, 0.29) is 17.2 Å². The molecule has 0 unspecified atom stereocenters. The van der Waals surface area contributed by atoms with Gasteiger partial charge in [-0.1, -0.05) is 12.7 Å². The van der Waals surface area contributed by atoms with Crippen molar-refractivity contribution in [3.8, 4) is 17.2 Å². The summed E-state index contributed by atoms with van der Waals surface area (Å²) >= 11 is 0. The maximum absolute atomic E-state index is 11.1. The first kappa shape index (κ1) is 12.8. The first-order valence-corrected chi connectivity index (χ1v) is 4.97. The van der Waals surface area contributed by atoms with Crippen LogP contribution in [0, 0.1) is 0 Å². The summed E-state index contributed by atoms with van der Waals surface area (Å²) in [6.45, 7) is 6.90. The summed E-state index contributed by atoms with van der Waals surface area (Å²) in [6.07, 6.45) is 3.30. The van der Waals surface area contributed by atoms with Crippen LogP contribution in [0.5, 0.6) is 17.2 Å². The molecular weight excluding hydrogens is 220 g/mol. The second-order valence-corrected chi connectivity index (χ2v) is 3.26. The van der Waals surface area contributed by atoms with Crippen LogP contribution in [-0.2, 0) is 11.2 Å². The molecule has 0 aliphatic heterocycles. The van der Waals surface area contributed by atoms with Crippen LogP contribution in [0.4, 0.5) is 0 Å². The molecule has 0 fully saturated rings. The Labute approximate surface area is 99.8 Å². The number of hydrogen-bond acceptors (Lipinski definition) is 4. The molecule has 0 aromatic heterocycles. The van der Waals surface area contributed by atoms with Gasteiger partial charge in [-0.3, -0.25) is 0 Å². The van der Waals surface area contributed by atoms with Crippen molar-refractivity contribution in [2.45, 2.75) is 6.42 Å². The zero-order valence-corrected chi connectivity index (χ0v) is 9.60. The van der Waals surface area contributed by atoms with Crippen LogP contribution in [0.25, 0.3) is 0 Å². The van der Waals surface area contributed by atoms with Gasteiger partial charge in [-0.2, -0.15) is 0 Å². The van der Waals surface area contributed by atoms with Crippen molar-refractivity contribution in [2.24, 2.45) is 0 Å². The minimum Gasteiger partial charge on any atom is -0.502 e. The van der Waals surface area contributed by atoms with E-state index < -0.39 is 5.97 Å². The van der Waals surface area contributed by atoms with Crippen molar-refractivity contribution in [1.29, 1.82) is 0 Å². The molecule has 90 valence electrons. The number of ether oxygens (including phenoxy) is 2. The molecular formula is C13H14O4. The van der Waals surface area contributed by atoms with E-state index in [0.29, 0.717) is 6.42 Å². The number of esters is 1. The van der Waals surface area contributed by atoms with Crippen LogP contribution in [0.15, 0.2) is 37.4 Å². The summed E-state index contributed by atoms with van der Waals surface area (Å²) in [5, 5.41) is 9.76. The summed E-state index contributed by atoms with van der Waals surface area (Å²) in [5.41, 5.74) is 0.821. The number of allylic oxidation sites excluding steroid dienone is 1. The van der Waals surface area contributed by atoms with E-state index in [2.05, 4.69) is 13.2 Å². The third-order valence-corrected chi connectivity index (χ3v) is 2.08. The first-order chi connectivity index (χ1) is 8.12. The largest absolute Gasteiger partial charge is 0.502 e. The lowest BCUT2D eigenvalue weighted by molar-refractivity contribution is -0.129. The summed E-state index contributed by atoms with van der Waals surface area (Å²) in [4.78, 5) is 11.1. The number of carbonyl (C=O) groups excluding carboxylic acids is 1. The van der Waals surface area contributed by atoms with Gasteiger partial charge >= 0.3 is 5.97 Å². The maximum atomic E-state index is 11.1. The third kappa shape index (κ3) is 3.11. The molecule has 0 saturated heterocycles. The van der Waals surface area contributed by atoms with Gasteiger partial charge in [0.25, 0.3) is 0 Å². The van der Waals surface area contributed by atoms with Gasteiger partial charge in [0.05, 0.1) is 7.11 Å². The van der Waals surface area contributed by atoms with Crippen molar-refractivity contribution in [3.05, 3.63) is 43.0 Å². The number of benzene rings is 1. The van der Waals surface area contributed by atoms with E-state index in [0.717, 1.165) is 11.6 Å². The second kappa shape index (κ2) is 5.75. The highest BCUT2D eigenvalue weighted by atomic mass is 16.5. The van der Waals surface area contributed by atoms with E-state index in [1.165, 1.54) is 7.11 Å². The second-order valence-electron chi connectivity index (χ2n) is 3.26. The number of aromatic hydroxyl groups is 1. The van der Waals surface area contributed by atoms with E-state index in [1.54, 1.807) is 18.2 Å². The van der Waals surface area contributed by atoms with Crippen LogP contribution in [0.2, 0.25) is 0 Å². The number of phenolic OH excluding ortho intramolecular Hbond substituents is 1. The molecule has 0 radical (unpaired) electrons. The van der Waals surface area contributed by atoms with Crippen molar-refractivity contribution >= 4 is 5.97 Å². The fourth-order valence-electron chi connectivity index (χ4n) is 1.30. The predicted molar refractivity (Wildman–Crippen MR) is 64.4 cm³/mol. The van der Waals surface area contributed by atoms with E-state index in [9.17, 15) is 9.90 Å². The average molecular weight is 234 g/mol. The van der Waals surface area contributed by atoms with Crippen molar-refractivity contribution in [2.75, 3.05) is 7.11 Å². The molecule has 1 N–H and O–H groups in total. The van der Waals surface area contributed by atoms with Crippen LogP contribution in [0.1, 0.15) is 5.56 Å². The first-order valence-electron chi connectivity index (χ1n) is 4.97. The average Bonchev–Trinajstić information content (AvgIpc) is 2.33. The van der Waals surface area contributed by atoms with Gasteiger partial charge in [0, 0.05) is 6.08 Å². The molecule has 1 aromatic rings. The molecule has 0 heterocycles. The molecule has 0 saturated carbocycles. The maximum Gasteiger partial charge on any atom is 0.335 e. The highest BCUT2D eigenvalue weighted by molar-refractivity contribution is 5.84. The molecule has 17 heavy (non-hydrogen) atoms. The van der Waals surface area contributed by atoms with Gasteiger partial charge in [-0.15, -0.1) is 6.58 Å². The predicted octanol–water partition coefficient (Wildman–Crippen LogP) is 2.22. The Morgan fingerprint density at radius 1 is 1.41 bits per heavy atom. The number of rotatable bonds is 5. The van der Waals surface area contributed by atoms with E-state index in [1.807, 2.05) is 0 Å². The van der Waals surface area contributed by atoms with Gasteiger partial charge in [-0.05, 0) is 24.1 Å². The van der Waals surface area contributed by atoms with Crippen molar-refractivity contribution < 1.29 is 19.4 Å². The Morgan fingerprint density at radius 3 is 2.59 bits per heavy atom. The molecule has 4 nitrogen and oxygen atoms in total. The molecule has 0 amide bonds. The van der Waals surface area contributed by atoms with Crippen LogP contribution in [0.3, 0.4) is 0 Å². The Kier molecular flexibility index (Phi) is 4.34. The highest BCUT2D eigenvalue weighted by Crippen LogP contribution is 2.37. The smallest absolute Gasteiger partial charge is 0.335 e. The van der Waals surface area contributed by atoms with Gasteiger partial charge in [0.1, 0.15) is 0 Å². The summed E-state index contributed by atoms with van der Waals surface area (Å²) in [7, 11) is 1.42. The van der Waals surface area contributed by atoms with Gasteiger partial charge < -0.3 is 14.6 Å². The third-order valence-electron chi connectivity index (χ3n) is 2.08. The topological polar surface area (TPSA) is 55.8 Å². The molecule has 0 bridgehead atoms. The molecule has 0 atom stereocenters. The standard InChI is InChI=1S/C13H14O4/c1-4-6-9-7-10(16-3)13(15)11(8-9)17-12(14)5-2/h4-5,7-8,15H,1-2,6H2,3H3. The Hall–Kier alpha value is -2.23. The van der Waals surface area contributed by atoms with Gasteiger partial charge in [0.15, 0.2) is 11.5 Å². The summed E-state index contributed by atoms with van der Waals surface area (Å²) in [6, 6.07) is 3.21. The van der Waals surface area contributed by atoms with Gasteiger partial charge in [0.2, 0.25) is 5.75 Å². The highest BCUT2D eigenvalue weighted by Gasteiger charge is 2.13. The van der Waals surface area contributed by atoms with Crippen LogP contribution in [-0.4, -0.2) is 18.2 Å². The monoisotopic (exact) mass is 234 g/mol. The van der Waals surface area contributed by atoms with Crippen molar-refractivity contribution in [3.63, 3.8) is 0 Å². The van der Waals surface area contributed by atoms with Crippen molar-refractivity contribution in [1.82, 2.24) is 0 Å². The molecule has 0 spiro atoms. The quantitative estimate of drug-likeness (QED) is 0.367. The SMILES string of the molecule is C=CCc1cc(OC)c(O)c(OC(=O)C=C)c1. The van der Waals surface area contributed by atoms with Gasteiger partial charge in [-0.25, -0.2) is 4.79 Å². The Bertz CT molecular complexity index is 449. The minimum absolute atomic E-state index is 0.0473. The van der Waals surface area contributed by atoms with Crippen LogP contribution < -0.4 is 9.47 Å². The molecule has 0 aliphatic carbocycles. The molecule has 4 heteroatoms. The zero-order valence-electron chi connectivity index (χ0n) is 9.60. The lowest BCUT2D eigenvalue weighted by Gasteiger charge is -2.10. The molecule has 0 aliphatic rings. The Morgan fingerprint density at radius 2 is 2.06 bits per heavy atom. The van der Waals surface area contributed by atoms with Crippen LogP contribution >= 0.6 is 0 Å². The van der Waals surface area contributed by atoms with E-state index >= 15 is 0 Å². The lowest BCUT2D eigenvalue weighted by atomic mass is 10.1. The number of methoxy groups -OCH3 is 1. The van der Waals surface area contributed by atoms with E-state index in [4.69, 9.17) is 9.47 Å². The lowest BCUT2D eigenvalue weighted by Crippen LogP contribution is -2.04. The minimum atomic E-state index is -0.641. The number of carbonyl (C=O) groups is 1. The Balaban J connectivity index is 3.16. The number of hydrogen-bond donors (Lipinski definition) is 1. The summed E-state index contributed by atoms with van der Waals surface area (Å²) in [5.74, 6) is -0.559. The normalized spacial score (nSPS) is 9.47.